The number of nitrogens with one attached hydrogen (secondary N) is 1. The smallest absolute Gasteiger partial charge is 0.224 e. The number of aryl methyl sites for hydroxylation is 2. The van der Waals surface area contributed by atoms with Gasteiger partial charge in [0.05, 0.1) is 17.8 Å². The minimum Gasteiger partial charge on any atom is -0.352 e. The summed E-state index contributed by atoms with van der Waals surface area (Å²) in [5.41, 5.74) is 5.27. The molecule has 28 heavy (non-hydrogen) atoms. The van der Waals surface area contributed by atoms with Gasteiger partial charge in [-0.05, 0) is 64.8 Å². The number of nitrogens with zero attached hydrogens (tertiary/aromatic N) is 3. The van der Waals surface area contributed by atoms with Crippen LogP contribution in [0, 0.1) is 20.8 Å². The molecule has 1 N–H and O–H groups in total. The molecule has 0 aliphatic carbocycles. The Morgan fingerprint density at radius 3 is 2.54 bits per heavy atom. The third-order valence-corrected chi connectivity index (χ3v) is 5.91. The topological polar surface area (TPSA) is 50.2 Å². The van der Waals surface area contributed by atoms with E-state index in [-0.39, 0.29) is 11.9 Å². The van der Waals surface area contributed by atoms with E-state index in [4.69, 9.17) is 5.10 Å². The van der Waals surface area contributed by atoms with Crippen molar-refractivity contribution in [1.82, 2.24) is 20.0 Å². The molecule has 1 fully saturated rings. The molecule has 0 unspecified atom stereocenters. The van der Waals surface area contributed by atoms with Crippen molar-refractivity contribution >= 4 is 5.91 Å². The first-order valence-electron chi connectivity index (χ1n) is 10.6. The highest BCUT2D eigenvalue weighted by atomic mass is 16.1. The normalized spacial score (nSPS) is 16.1. The average Bonchev–Trinajstić information content (AvgIpc) is 2.96. The molecule has 1 aliphatic rings. The van der Waals surface area contributed by atoms with Crippen molar-refractivity contribution in [2.75, 3.05) is 19.6 Å². The maximum Gasteiger partial charge on any atom is 0.224 e. The molecule has 0 bridgehead atoms. The van der Waals surface area contributed by atoms with Crippen LogP contribution in [0.4, 0.5) is 0 Å². The van der Waals surface area contributed by atoms with Crippen LogP contribution in [-0.2, 0) is 11.2 Å². The Balaban J connectivity index is 1.67. The molecular formula is C23H34N4O. The summed E-state index contributed by atoms with van der Waals surface area (Å²) in [5.74, 6) is 0.0967. The number of carbonyl (C=O) groups excluding carboxylic acids is 1. The molecule has 2 aromatic rings. The molecule has 5 nitrogen and oxygen atoms in total. The number of amides is 1. The molecule has 3 rings (SSSR count). The summed E-state index contributed by atoms with van der Waals surface area (Å²) in [7, 11) is 0. The van der Waals surface area contributed by atoms with Crippen LogP contribution in [0.3, 0.4) is 0 Å². The van der Waals surface area contributed by atoms with Gasteiger partial charge in [0.25, 0.3) is 0 Å². The monoisotopic (exact) mass is 382 g/mol. The summed E-state index contributed by atoms with van der Waals surface area (Å²) in [6, 6.07) is 8.44. The van der Waals surface area contributed by atoms with E-state index >= 15 is 0 Å². The molecule has 1 saturated heterocycles. The third kappa shape index (κ3) is 4.82. The van der Waals surface area contributed by atoms with Crippen LogP contribution in [0.2, 0.25) is 0 Å². The second-order valence-corrected chi connectivity index (χ2v) is 8.06. The SMILES string of the molecule is CC[C@H](CN1CCCCC1)NC(=O)Cc1c(C)nn(-c2ccccc2C)c1C. The van der Waals surface area contributed by atoms with Crippen molar-refractivity contribution in [3.8, 4) is 5.69 Å². The summed E-state index contributed by atoms with van der Waals surface area (Å²) < 4.78 is 1.97. The van der Waals surface area contributed by atoms with Crippen molar-refractivity contribution in [3.63, 3.8) is 0 Å². The van der Waals surface area contributed by atoms with Gasteiger partial charge >= 0.3 is 0 Å². The van der Waals surface area contributed by atoms with Gasteiger partial charge in [-0.25, -0.2) is 4.68 Å². The summed E-state index contributed by atoms with van der Waals surface area (Å²) in [6.07, 6.45) is 5.24. The number of likely N-dealkylation sites (tertiary alicyclic amines) is 1. The van der Waals surface area contributed by atoms with Gasteiger partial charge < -0.3 is 10.2 Å². The number of piperidine rings is 1. The first-order chi connectivity index (χ1) is 13.5. The second kappa shape index (κ2) is 9.37. The van der Waals surface area contributed by atoms with Crippen LogP contribution in [-0.4, -0.2) is 46.3 Å². The summed E-state index contributed by atoms with van der Waals surface area (Å²) >= 11 is 0. The van der Waals surface area contributed by atoms with E-state index in [2.05, 4.69) is 43.1 Å². The van der Waals surface area contributed by atoms with Crippen molar-refractivity contribution < 1.29 is 4.79 Å². The lowest BCUT2D eigenvalue weighted by Crippen LogP contribution is -2.45. The predicted molar refractivity (Wildman–Crippen MR) is 114 cm³/mol. The fourth-order valence-electron chi connectivity index (χ4n) is 4.14. The minimum atomic E-state index is 0.0967. The molecule has 1 aromatic carbocycles. The van der Waals surface area contributed by atoms with Crippen LogP contribution in [0.1, 0.15) is 55.1 Å². The molecular weight excluding hydrogens is 348 g/mol. The Kier molecular flexibility index (Phi) is 6.89. The van der Waals surface area contributed by atoms with E-state index in [1.54, 1.807) is 0 Å². The minimum absolute atomic E-state index is 0.0967. The van der Waals surface area contributed by atoms with Gasteiger partial charge in [-0.3, -0.25) is 4.79 Å². The lowest BCUT2D eigenvalue weighted by molar-refractivity contribution is -0.121. The van der Waals surface area contributed by atoms with E-state index in [1.165, 1.54) is 24.8 Å². The highest BCUT2D eigenvalue weighted by molar-refractivity contribution is 5.79. The lowest BCUT2D eigenvalue weighted by Gasteiger charge is -2.30. The Labute approximate surface area is 169 Å². The van der Waals surface area contributed by atoms with Crippen LogP contribution in [0.15, 0.2) is 24.3 Å². The number of para-hydroxylation sites is 1. The summed E-state index contributed by atoms with van der Waals surface area (Å²) in [4.78, 5) is 15.3. The Bertz CT molecular complexity index is 805. The van der Waals surface area contributed by atoms with Crippen molar-refractivity contribution in [2.24, 2.45) is 0 Å². The van der Waals surface area contributed by atoms with Crippen LogP contribution in [0.5, 0.6) is 0 Å². The third-order valence-electron chi connectivity index (χ3n) is 5.91. The maximum atomic E-state index is 12.8. The van der Waals surface area contributed by atoms with Gasteiger partial charge in [-0.1, -0.05) is 31.5 Å². The fourth-order valence-corrected chi connectivity index (χ4v) is 4.14. The molecule has 0 spiro atoms. The van der Waals surface area contributed by atoms with Gasteiger partial charge in [-0.2, -0.15) is 5.10 Å². The average molecular weight is 383 g/mol. The number of carbonyl (C=O) groups is 1. The molecule has 1 atom stereocenters. The van der Waals surface area contributed by atoms with Crippen LogP contribution >= 0.6 is 0 Å². The Hall–Kier alpha value is -2.14. The zero-order chi connectivity index (χ0) is 20.1. The largest absolute Gasteiger partial charge is 0.352 e. The van der Waals surface area contributed by atoms with E-state index in [0.717, 1.165) is 48.7 Å². The molecule has 0 radical (unpaired) electrons. The predicted octanol–water partition coefficient (Wildman–Crippen LogP) is 3.72. The van der Waals surface area contributed by atoms with Gasteiger partial charge in [0, 0.05) is 23.8 Å². The number of aromatic nitrogens is 2. The Morgan fingerprint density at radius 1 is 1.14 bits per heavy atom. The van der Waals surface area contributed by atoms with Gasteiger partial charge in [0.15, 0.2) is 0 Å². The number of benzene rings is 1. The van der Waals surface area contributed by atoms with Gasteiger partial charge in [0.1, 0.15) is 0 Å². The standard InChI is InChI=1S/C23H34N4O/c1-5-20(16-26-13-9-6-10-14-26)24-23(28)15-21-18(3)25-27(19(21)4)22-12-8-7-11-17(22)2/h7-8,11-12,20H,5-6,9-10,13-16H2,1-4H3,(H,24,28)/t20-/m1/s1. The number of rotatable bonds is 7. The van der Waals surface area contributed by atoms with E-state index < -0.39 is 0 Å². The summed E-state index contributed by atoms with van der Waals surface area (Å²) in [5, 5.41) is 7.98. The highest BCUT2D eigenvalue weighted by Crippen LogP contribution is 2.21. The molecule has 0 saturated carbocycles. The van der Waals surface area contributed by atoms with E-state index in [1.807, 2.05) is 23.7 Å². The van der Waals surface area contributed by atoms with E-state index in [0.29, 0.717) is 6.42 Å². The van der Waals surface area contributed by atoms with Gasteiger partial charge in [0.2, 0.25) is 5.91 Å². The lowest BCUT2D eigenvalue weighted by atomic mass is 10.1. The summed E-state index contributed by atoms with van der Waals surface area (Å²) in [6.45, 7) is 11.6. The Morgan fingerprint density at radius 2 is 1.86 bits per heavy atom. The zero-order valence-electron chi connectivity index (χ0n) is 17.8. The van der Waals surface area contributed by atoms with E-state index in [9.17, 15) is 4.79 Å². The quantitative estimate of drug-likeness (QED) is 0.794. The number of hydrogen-bond donors (Lipinski definition) is 1. The van der Waals surface area contributed by atoms with Crippen LogP contribution in [0.25, 0.3) is 5.69 Å². The fraction of sp³-hybridized carbons (Fsp3) is 0.565. The first-order valence-corrected chi connectivity index (χ1v) is 10.6. The molecule has 2 heterocycles. The van der Waals surface area contributed by atoms with Crippen molar-refractivity contribution in [1.29, 1.82) is 0 Å². The molecule has 1 aromatic heterocycles. The van der Waals surface area contributed by atoms with Crippen molar-refractivity contribution in [2.45, 2.75) is 65.8 Å². The molecule has 1 aliphatic heterocycles. The van der Waals surface area contributed by atoms with Crippen LogP contribution < -0.4 is 5.32 Å². The van der Waals surface area contributed by atoms with Gasteiger partial charge in [-0.15, -0.1) is 0 Å². The second-order valence-electron chi connectivity index (χ2n) is 8.06. The first kappa shape index (κ1) is 20.6. The molecule has 5 heteroatoms. The van der Waals surface area contributed by atoms with Crippen molar-refractivity contribution in [3.05, 3.63) is 46.8 Å². The molecule has 1 amide bonds. The molecule has 152 valence electrons. The number of hydrogen-bond acceptors (Lipinski definition) is 3. The highest BCUT2D eigenvalue weighted by Gasteiger charge is 2.20. The zero-order valence-corrected chi connectivity index (χ0v) is 17.8. The maximum absolute atomic E-state index is 12.8.